The van der Waals surface area contributed by atoms with Gasteiger partial charge in [0.05, 0.1) is 22.2 Å². The number of aromatic nitrogens is 1. The second-order valence-corrected chi connectivity index (χ2v) is 7.53. The van der Waals surface area contributed by atoms with Gasteiger partial charge in [-0.25, -0.2) is 13.4 Å². The Labute approximate surface area is 100 Å². The van der Waals surface area contributed by atoms with E-state index in [1.54, 1.807) is 11.3 Å². The third kappa shape index (κ3) is 2.44. The Bertz CT molecular complexity index is 479. The van der Waals surface area contributed by atoms with Gasteiger partial charge in [-0.1, -0.05) is 0 Å². The van der Waals surface area contributed by atoms with Gasteiger partial charge in [0.25, 0.3) is 0 Å². The molecule has 0 saturated carbocycles. The maximum absolute atomic E-state index is 11.4. The molecule has 6 heteroatoms. The van der Waals surface area contributed by atoms with Crippen LogP contribution in [0.1, 0.15) is 27.9 Å². The molecule has 0 bridgehead atoms. The predicted molar refractivity (Wildman–Crippen MR) is 65.6 cm³/mol. The monoisotopic (exact) mass is 260 g/mol. The van der Waals surface area contributed by atoms with E-state index in [0.717, 1.165) is 23.7 Å². The van der Waals surface area contributed by atoms with Gasteiger partial charge in [0, 0.05) is 17.3 Å². The highest BCUT2D eigenvalue weighted by molar-refractivity contribution is 7.91. The van der Waals surface area contributed by atoms with E-state index in [9.17, 15) is 8.42 Å². The molecule has 1 aromatic heterocycles. The van der Waals surface area contributed by atoms with Gasteiger partial charge in [-0.05, 0) is 20.4 Å². The summed E-state index contributed by atoms with van der Waals surface area (Å²) in [7, 11) is -0.907. The second-order valence-electron chi connectivity index (χ2n) is 4.19. The summed E-state index contributed by atoms with van der Waals surface area (Å²) in [4.78, 5) is 5.70. The molecule has 1 aliphatic rings. The lowest BCUT2D eigenvalue weighted by molar-refractivity contribution is 0.601. The Morgan fingerprint density at radius 1 is 1.56 bits per heavy atom. The minimum absolute atomic E-state index is 0.124. The number of rotatable bonds is 3. The lowest BCUT2D eigenvalue weighted by Crippen LogP contribution is -2.04. The van der Waals surface area contributed by atoms with Crippen LogP contribution in [-0.2, 0) is 16.4 Å². The van der Waals surface area contributed by atoms with Crippen molar-refractivity contribution >= 4 is 21.2 Å². The fourth-order valence-corrected chi connectivity index (χ4v) is 5.01. The molecule has 1 aromatic rings. The topological polar surface area (TPSA) is 59.1 Å². The summed E-state index contributed by atoms with van der Waals surface area (Å²) in [6.45, 7) is 2.79. The summed E-state index contributed by atoms with van der Waals surface area (Å²) in [5.74, 6) is 0.718. The van der Waals surface area contributed by atoms with Crippen molar-refractivity contribution in [2.75, 3.05) is 18.6 Å². The van der Waals surface area contributed by atoms with E-state index in [-0.39, 0.29) is 11.7 Å². The van der Waals surface area contributed by atoms with Crippen LogP contribution in [-0.4, -0.2) is 32.0 Å². The van der Waals surface area contributed by atoms with Gasteiger partial charge in [0.2, 0.25) is 0 Å². The van der Waals surface area contributed by atoms with Crippen molar-refractivity contribution in [1.29, 1.82) is 0 Å². The molecule has 2 rings (SSSR count). The fraction of sp³-hybridized carbons (Fsp3) is 0.700. The number of nitrogens with zero attached hydrogens (tertiary/aromatic N) is 1. The minimum Gasteiger partial charge on any atom is -0.315 e. The first kappa shape index (κ1) is 12.0. The van der Waals surface area contributed by atoms with Crippen LogP contribution in [0.5, 0.6) is 0 Å². The van der Waals surface area contributed by atoms with Crippen molar-refractivity contribution in [2.45, 2.75) is 25.8 Å². The minimum atomic E-state index is -2.81. The highest BCUT2D eigenvalue weighted by atomic mass is 32.2. The highest BCUT2D eigenvalue weighted by Gasteiger charge is 2.31. The van der Waals surface area contributed by atoms with E-state index in [4.69, 9.17) is 0 Å². The third-order valence-corrected chi connectivity index (χ3v) is 5.92. The Hall–Kier alpha value is -0.460. The van der Waals surface area contributed by atoms with Crippen molar-refractivity contribution in [3.63, 3.8) is 0 Å². The molecule has 90 valence electrons. The van der Waals surface area contributed by atoms with Gasteiger partial charge in [-0.15, -0.1) is 11.3 Å². The lowest BCUT2D eigenvalue weighted by Gasteiger charge is -2.00. The quantitative estimate of drug-likeness (QED) is 0.883. The van der Waals surface area contributed by atoms with E-state index < -0.39 is 9.84 Å². The molecule has 1 atom stereocenters. The number of aryl methyl sites for hydroxylation is 1. The fourth-order valence-electron chi connectivity index (χ4n) is 1.94. The molecule has 4 nitrogen and oxygen atoms in total. The average Bonchev–Trinajstić information content (AvgIpc) is 2.72. The van der Waals surface area contributed by atoms with Gasteiger partial charge in [0.15, 0.2) is 9.84 Å². The molecule has 0 spiro atoms. The molecular weight excluding hydrogens is 244 g/mol. The predicted octanol–water partition coefficient (Wildman–Crippen LogP) is 1.07. The molecule has 16 heavy (non-hydrogen) atoms. The van der Waals surface area contributed by atoms with Gasteiger partial charge >= 0.3 is 0 Å². The number of thiazole rings is 1. The first-order valence-electron chi connectivity index (χ1n) is 5.33. The maximum atomic E-state index is 11.4. The van der Waals surface area contributed by atoms with Gasteiger partial charge in [-0.2, -0.15) is 0 Å². The van der Waals surface area contributed by atoms with Crippen LogP contribution < -0.4 is 5.32 Å². The number of hydrogen-bond acceptors (Lipinski definition) is 5. The molecule has 1 unspecified atom stereocenters. The molecule has 0 amide bonds. The van der Waals surface area contributed by atoms with Crippen LogP contribution in [0, 0.1) is 6.92 Å². The summed E-state index contributed by atoms with van der Waals surface area (Å²) in [5, 5.41) is 4.09. The summed E-state index contributed by atoms with van der Waals surface area (Å²) in [6, 6.07) is 0. The van der Waals surface area contributed by atoms with Crippen molar-refractivity contribution < 1.29 is 8.42 Å². The van der Waals surface area contributed by atoms with E-state index >= 15 is 0 Å². The molecule has 0 aliphatic carbocycles. The summed E-state index contributed by atoms with van der Waals surface area (Å²) >= 11 is 1.64. The maximum Gasteiger partial charge on any atom is 0.151 e. The first-order valence-corrected chi connectivity index (χ1v) is 7.97. The summed E-state index contributed by atoms with van der Waals surface area (Å²) in [6.07, 6.45) is 0.730. The first-order chi connectivity index (χ1) is 7.52. The van der Waals surface area contributed by atoms with Crippen LogP contribution in [0.2, 0.25) is 0 Å². The SMILES string of the molecule is CNCc1sc(C2CCS(=O)(=O)C2)nc1C. The number of sulfone groups is 1. The molecule has 1 fully saturated rings. The zero-order chi connectivity index (χ0) is 11.8. The zero-order valence-electron chi connectivity index (χ0n) is 9.49. The van der Waals surface area contributed by atoms with Gasteiger partial charge in [0.1, 0.15) is 0 Å². The third-order valence-electron chi connectivity index (χ3n) is 2.83. The number of hydrogen-bond donors (Lipinski definition) is 1. The smallest absolute Gasteiger partial charge is 0.151 e. The number of nitrogens with one attached hydrogen (secondary N) is 1. The lowest BCUT2D eigenvalue weighted by atomic mass is 10.1. The largest absolute Gasteiger partial charge is 0.315 e. The van der Waals surface area contributed by atoms with Crippen molar-refractivity contribution in [3.8, 4) is 0 Å². The van der Waals surface area contributed by atoms with Crippen molar-refractivity contribution in [1.82, 2.24) is 10.3 Å². The van der Waals surface area contributed by atoms with Crippen molar-refractivity contribution in [2.24, 2.45) is 0 Å². The Balaban J connectivity index is 2.19. The van der Waals surface area contributed by atoms with E-state index in [0.29, 0.717) is 5.75 Å². The molecule has 1 saturated heterocycles. The molecule has 1 N–H and O–H groups in total. The van der Waals surface area contributed by atoms with Gasteiger partial charge < -0.3 is 5.32 Å². The van der Waals surface area contributed by atoms with Crippen LogP contribution in [0.25, 0.3) is 0 Å². The standard InChI is InChI=1S/C10H16N2O2S2/c1-7-9(5-11-2)15-10(12-7)8-3-4-16(13,14)6-8/h8,11H,3-6H2,1-2H3. The molecule has 0 aromatic carbocycles. The Morgan fingerprint density at radius 2 is 2.31 bits per heavy atom. The summed E-state index contributed by atoms with van der Waals surface area (Å²) < 4.78 is 22.8. The van der Waals surface area contributed by atoms with Crippen LogP contribution in [0.3, 0.4) is 0 Å². The van der Waals surface area contributed by atoms with Crippen LogP contribution in [0.4, 0.5) is 0 Å². The molecular formula is C10H16N2O2S2. The zero-order valence-corrected chi connectivity index (χ0v) is 11.1. The molecule has 1 aliphatic heterocycles. The van der Waals surface area contributed by atoms with E-state index in [1.807, 2.05) is 14.0 Å². The average molecular weight is 260 g/mol. The van der Waals surface area contributed by atoms with Gasteiger partial charge in [-0.3, -0.25) is 0 Å². The molecule has 0 radical (unpaired) electrons. The Kier molecular flexibility index (Phi) is 3.32. The van der Waals surface area contributed by atoms with E-state index in [1.165, 1.54) is 4.88 Å². The molecule has 2 heterocycles. The summed E-state index contributed by atoms with van der Waals surface area (Å²) in [5.41, 5.74) is 1.03. The normalized spacial score (nSPS) is 23.8. The van der Waals surface area contributed by atoms with Crippen molar-refractivity contribution in [3.05, 3.63) is 15.6 Å². The Morgan fingerprint density at radius 3 is 2.88 bits per heavy atom. The highest BCUT2D eigenvalue weighted by Crippen LogP contribution is 2.32. The van der Waals surface area contributed by atoms with Crippen LogP contribution in [0.15, 0.2) is 0 Å². The van der Waals surface area contributed by atoms with Crippen LogP contribution >= 0.6 is 11.3 Å². The second kappa shape index (κ2) is 4.43. The van der Waals surface area contributed by atoms with E-state index in [2.05, 4.69) is 10.3 Å².